The molecule has 1 saturated heterocycles. The Morgan fingerprint density at radius 3 is 2.40 bits per heavy atom. The Balaban J connectivity index is 2.92. The van der Waals surface area contributed by atoms with Crippen LogP contribution < -0.4 is 10.6 Å². The Labute approximate surface area is 114 Å². The number of piperazine rings is 1. The average molecular weight is 287 g/mol. The van der Waals surface area contributed by atoms with E-state index in [0.29, 0.717) is 0 Å². The molecule has 1 fully saturated rings. The van der Waals surface area contributed by atoms with Crippen molar-refractivity contribution in [1.29, 1.82) is 0 Å². The zero-order valence-electron chi connectivity index (χ0n) is 11.3. The van der Waals surface area contributed by atoms with Crippen molar-refractivity contribution in [3.63, 3.8) is 0 Å². The number of amides is 4. The van der Waals surface area contributed by atoms with Gasteiger partial charge < -0.3 is 20.4 Å². The number of nitrogens with zero attached hydrogens (tertiary/aromatic N) is 1. The summed E-state index contributed by atoms with van der Waals surface area (Å²) in [4.78, 5) is 46.9. The maximum atomic E-state index is 12.0. The van der Waals surface area contributed by atoms with Crippen molar-refractivity contribution < 1.29 is 29.4 Å². The van der Waals surface area contributed by atoms with Crippen molar-refractivity contribution >= 4 is 23.8 Å². The highest BCUT2D eigenvalue weighted by atomic mass is 16.4. The van der Waals surface area contributed by atoms with Gasteiger partial charge in [0, 0.05) is 0 Å². The van der Waals surface area contributed by atoms with Gasteiger partial charge in [0.1, 0.15) is 12.1 Å². The number of urea groups is 1. The number of aliphatic carboxylic acids is 1. The van der Waals surface area contributed by atoms with E-state index in [-0.39, 0.29) is 6.54 Å². The van der Waals surface area contributed by atoms with Crippen LogP contribution in [-0.2, 0) is 14.4 Å². The molecule has 1 aliphatic rings. The van der Waals surface area contributed by atoms with Crippen LogP contribution in [0.1, 0.15) is 20.8 Å². The lowest BCUT2D eigenvalue weighted by molar-refractivity contribution is -0.142. The molecule has 20 heavy (non-hydrogen) atoms. The number of aliphatic hydroxyl groups excluding tert-OH is 1. The molecular formula is C11H17N3O6. The molecule has 1 aliphatic heterocycles. The minimum atomic E-state index is -1.53. The summed E-state index contributed by atoms with van der Waals surface area (Å²) in [6, 6.07) is -2.44. The van der Waals surface area contributed by atoms with Crippen LogP contribution in [0, 0.1) is 0 Å². The summed E-state index contributed by atoms with van der Waals surface area (Å²) in [7, 11) is 0. The highest BCUT2D eigenvalue weighted by molar-refractivity contribution is 6.06. The lowest BCUT2D eigenvalue weighted by Gasteiger charge is -2.40. The smallest absolute Gasteiger partial charge is 0.328 e. The van der Waals surface area contributed by atoms with Crippen LogP contribution in [0.3, 0.4) is 0 Å². The van der Waals surface area contributed by atoms with Gasteiger partial charge in [0.25, 0.3) is 5.91 Å². The third-order valence-electron chi connectivity index (χ3n) is 3.06. The van der Waals surface area contributed by atoms with Crippen LogP contribution in [0.5, 0.6) is 0 Å². The van der Waals surface area contributed by atoms with Gasteiger partial charge in [-0.15, -0.1) is 0 Å². The normalized spacial score (nSPS) is 20.9. The van der Waals surface area contributed by atoms with E-state index in [4.69, 9.17) is 5.11 Å². The monoisotopic (exact) mass is 287 g/mol. The number of carbonyl (C=O) groups excluding carboxylic acids is 3. The van der Waals surface area contributed by atoms with Crippen LogP contribution >= 0.6 is 0 Å². The highest BCUT2D eigenvalue weighted by Crippen LogP contribution is 2.18. The standard InChI is InChI=1S/C11H17N3O6/c1-5(15)7(8(17)18)13-10(20)14-4-6(16)12-9(19)11(14,2)3/h5,7,15H,4H2,1-3H3,(H,13,20)(H,17,18)(H,12,16,19)/t5-,7+/m1/s1. The van der Waals surface area contributed by atoms with Crippen LogP contribution in [0.4, 0.5) is 4.79 Å². The summed E-state index contributed by atoms with van der Waals surface area (Å²) in [5.74, 6) is -2.74. The lowest BCUT2D eigenvalue weighted by Crippen LogP contribution is -2.68. The lowest BCUT2D eigenvalue weighted by atomic mass is 9.99. The molecule has 9 nitrogen and oxygen atoms in total. The molecule has 1 heterocycles. The minimum Gasteiger partial charge on any atom is -0.480 e. The molecule has 4 N–H and O–H groups in total. The molecular weight excluding hydrogens is 270 g/mol. The number of nitrogens with one attached hydrogen (secondary N) is 2. The van der Waals surface area contributed by atoms with E-state index >= 15 is 0 Å². The molecule has 0 aliphatic carbocycles. The van der Waals surface area contributed by atoms with Crippen molar-refractivity contribution in [3.8, 4) is 0 Å². The largest absolute Gasteiger partial charge is 0.480 e. The topological polar surface area (TPSA) is 136 Å². The summed E-state index contributed by atoms with van der Waals surface area (Å²) in [5.41, 5.74) is -1.31. The van der Waals surface area contributed by atoms with Crippen molar-refractivity contribution in [2.75, 3.05) is 6.54 Å². The van der Waals surface area contributed by atoms with Crippen LogP contribution in [0.15, 0.2) is 0 Å². The fourth-order valence-corrected chi connectivity index (χ4v) is 1.71. The number of aliphatic hydroxyl groups is 1. The van der Waals surface area contributed by atoms with Gasteiger partial charge in [0.15, 0.2) is 6.04 Å². The number of hydrogen-bond acceptors (Lipinski definition) is 5. The molecule has 9 heteroatoms. The molecule has 4 amide bonds. The van der Waals surface area contributed by atoms with E-state index in [0.717, 1.165) is 4.90 Å². The van der Waals surface area contributed by atoms with Gasteiger partial charge in [-0.3, -0.25) is 14.9 Å². The van der Waals surface area contributed by atoms with Gasteiger partial charge in [-0.25, -0.2) is 9.59 Å². The first-order chi connectivity index (χ1) is 9.07. The second-order valence-electron chi connectivity index (χ2n) is 5.03. The molecule has 0 unspecified atom stereocenters. The number of hydrogen-bond donors (Lipinski definition) is 4. The first-order valence-corrected chi connectivity index (χ1v) is 5.90. The quantitative estimate of drug-likeness (QED) is 0.455. The second-order valence-corrected chi connectivity index (χ2v) is 5.03. The van der Waals surface area contributed by atoms with Crippen molar-refractivity contribution in [2.45, 2.75) is 38.5 Å². The molecule has 2 atom stereocenters. The highest BCUT2D eigenvalue weighted by Gasteiger charge is 2.44. The molecule has 0 radical (unpaired) electrons. The second kappa shape index (κ2) is 5.45. The Hall–Kier alpha value is -2.16. The van der Waals surface area contributed by atoms with Gasteiger partial charge in [-0.05, 0) is 20.8 Å². The van der Waals surface area contributed by atoms with E-state index in [1.54, 1.807) is 0 Å². The van der Waals surface area contributed by atoms with E-state index < -0.39 is 41.5 Å². The Morgan fingerprint density at radius 2 is 1.95 bits per heavy atom. The SMILES string of the molecule is C[C@@H](O)[C@H](NC(=O)N1CC(=O)NC(=O)C1(C)C)C(=O)O. The van der Waals surface area contributed by atoms with Gasteiger partial charge in [-0.1, -0.05) is 0 Å². The van der Waals surface area contributed by atoms with Crippen LogP contribution in [-0.4, -0.2) is 63.2 Å². The molecule has 0 saturated carbocycles. The summed E-state index contributed by atoms with van der Waals surface area (Å²) in [5, 5.41) is 22.4. The Morgan fingerprint density at radius 1 is 1.40 bits per heavy atom. The number of carbonyl (C=O) groups is 4. The third-order valence-corrected chi connectivity index (χ3v) is 3.06. The summed E-state index contributed by atoms with van der Waals surface area (Å²) >= 11 is 0. The van der Waals surface area contributed by atoms with Crippen LogP contribution in [0.25, 0.3) is 0 Å². The minimum absolute atomic E-state index is 0.378. The van der Waals surface area contributed by atoms with Crippen molar-refractivity contribution in [1.82, 2.24) is 15.5 Å². The molecule has 0 aromatic rings. The summed E-state index contributed by atoms with van der Waals surface area (Å²) in [6.45, 7) is 3.67. The fourth-order valence-electron chi connectivity index (χ4n) is 1.71. The average Bonchev–Trinajstić information content (AvgIpc) is 2.29. The van der Waals surface area contributed by atoms with Gasteiger partial charge in [0.2, 0.25) is 5.91 Å². The molecule has 0 aromatic heterocycles. The van der Waals surface area contributed by atoms with E-state index in [2.05, 4.69) is 10.6 Å². The molecule has 1 rings (SSSR count). The van der Waals surface area contributed by atoms with Crippen molar-refractivity contribution in [3.05, 3.63) is 0 Å². The number of rotatable bonds is 3. The molecule has 0 spiro atoms. The molecule has 112 valence electrons. The Kier molecular flexibility index (Phi) is 4.33. The van der Waals surface area contributed by atoms with Gasteiger partial charge in [-0.2, -0.15) is 0 Å². The maximum absolute atomic E-state index is 12.0. The predicted octanol–water partition coefficient (Wildman–Crippen LogP) is -1.73. The van der Waals surface area contributed by atoms with Crippen LogP contribution in [0.2, 0.25) is 0 Å². The Bertz CT molecular complexity index is 459. The van der Waals surface area contributed by atoms with Gasteiger partial charge in [0.05, 0.1) is 6.10 Å². The van der Waals surface area contributed by atoms with Crippen molar-refractivity contribution in [2.24, 2.45) is 0 Å². The number of carboxylic acids is 1. The summed E-state index contributed by atoms with van der Waals surface area (Å²) < 4.78 is 0. The predicted molar refractivity (Wildman–Crippen MR) is 65.6 cm³/mol. The van der Waals surface area contributed by atoms with E-state index in [1.165, 1.54) is 20.8 Å². The first kappa shape index (κ1) is 15.9. The fraction of sp³-hybridized carbons (Fsp3) is 0.636. The maximum Gasteiger partial charge on any atom is 0.328 e. The van der Waals surface area contributed by atoms with Gasteiger partial charge >= 0.3 is 12.0 Å². The first-order valence-electron chi connectivity index (χ1n) is 5.90. The summed E-state index contributed by atoms with van der Waals surface area (Å²) in [6.07, 6.45) is -1.33. The third kappa shape index (κ3) is 3.05. The molecule has 0 bridgehead atoms. The molecule has 0 aromatic carbocycles. The number of carboxylic acid groups (broad SMARTS) is 1. The van der Waals surface area contributed by atoms with E-state index in [9.17, 15) is 24.3 Å². The zero-order valence-corrected chi connectivity index (χ0v) is 11.3. The van der Waals surface area contributed by atoms with E-state index in [1.807, 2.05) is 0 Å². The number of imide groups is 1. The zero-order chi connectivity index (χ0) is 15.7.